The summed E-state index contributed by atoms with van der Waals surface area (Å²) in [6.07, 6.45) is -4.80. The molecule has 2 heterocycles. The lowest BCUT2D eigenvalue weighted by atomic mass is 10.1. The van der Waals surface area contributed by atoms with Gasteiger partial charge in [0.2, 0.25) is 5.91 Å². The van der Waals surface area contributed by atoms with Crippen LogP contribution in [0.4, 0.5) is 18.9 Å². The van der Waals surface area contributed by atoms with Gasteiger partial charge < -0.3 is 24.2 Å². The Kier molecular flexibility index (Phi) is 6.60. The summed E-state index contributed by atoms with van der Waals surface area (Å²) >= 11 is 0. The maximum atomic E-state index is 13.0. The number of carbonyl (C=O) groups excluding carboxylic acids is 3. The number of fused-ring (bicyclic) bond motifs is 1. The van der Waals surface area contributed by atoms with E-state index >= 15 is 0 Å². The average Bonchev–Trinajstić information content (AvgIpc) is 3.32. The minimum Gasteiger partial charge on any atom is -0.484 e. The maximum Gasteiger partial charge on any atom is 0.422 e. The van der Waals surface area contributed by atoms with E-state index in [1.807, 2.05) is 0 Å². The first-order valence-electron chi connectivity index (χ1n) is 10.9. The number of carbonyl (C=O) groups is 3. The second-order valence-corrected chi connectivity index (χ2v) is 8.55. The normalized spacial score (nSPS) is 17.6. The number of ether oxygens (including phenoxy) is 2. The lowest BCUT2D eigenvalue weighted by Crippen LogP contribution is -2.36. The number of nitrogens with zero attached hydrogens (tertiary/aromatic N) is 3. The number of alkyl halides is 3. The minimum atomic E-state index is -4.43. The van der Waals surface area contributed by atoms with Crippen molar-refractivity contribution in [3.63, 3.8) is 0 Å². The van der Waals surface area contributed by atoms with Crippen molar-refractivity contribution in [3.8, 4) is 11.5 Å². The molecule has 186 valence electrons. The Labute approximate surface area is 199 Å². The molecule has 0 N–H and O–H groups in total. The smallest absolute Gasteiger partial charge is 0.422 e. The number of amides is 3. The van der Waals surface area contributed by atoms with Crippen molar-refractivity contribution in [2.45, 2.75) is 25.2 Å². The molecule has 1 fully saturated rings. The molecule has 3 amide bonds. The Bertz CT molecular complexity index is 1130. The first-order valence-corrected chi connectivity index (χ1v) is 10.9. The first-order chi connectivity index (χ1) is 16.5. The van der Waals surface area contributed by atoms with E-state index in [9.17, 15) is 27.6 Å². The molecule has 1 saturated heterocycles. The summed E-state index contributed by atoms with van der Waals surface area (Å²) in [5, 5.41) is 0. The molecule has 4 rings (SSSR count). The zero-order chi connectivity index (χ0) is 25.3. The molecule has 8 nitrogen and oxygen atoms in total. The number of hydrogen-bond acceptors (Lipinski definition) is 5. The molecule has 0 aromatic heterocycles. The lowest BCUT2D eigenvalue weighted by Gasteiger charge is -2.18. The van der Waals surface area contributed by atoms with Crippen molar-refractivity contribution in [1.29, 1.82) is 0 Å². The van der Waals surface area contributed by atoms with Crippen molar-refractivity contribution >= 4 is 23.4 Å². The molecule has 35 heavy (non-hydrogen) atoms. The number of benzene rings is 2. The summed E-state index contributed by atoms with van der Waals surface area (Å²) in [7, 11) is 3.25. The molecule has 0 saturated carbocycles. The van der Waals surface area contributed by atoms with Crippen LogP contribution in [0.5, 0.6) is 11.5 Å². The molecule has 1 atom stereocenters. The van der Waals surface area contributed by atoms with Crippen molar-refractivity contribution < 1.29 is 37.0 Å². The van der Waals surface area contributed by atoms with Gasteiger partial charge in [-0.3, -0.25) is 14.4 Å². The predicted molar refractivity (Wildman–Crippen MR) is 119 cm³/mol. The Morgan fingerprint density at radius 3 is 2.43 bits per heavy atom. The van der Waals surface area contributed by atoms with Gasteiger partial charge in [0.15, 0.2) is 12.7 Å². The summed E-state index contributed by atoms with van der Waals surface area (Å²) in [4.78, 5) is 42.2. The van der Waals surface area contributed by atoms with E-state index in [1.165, 1.54) is 39.0 Å². The third kappa shape index (κ3) is 5.50. The van der Waals surface area contributed by atoms with Crippen LogP contribution in [0.3, 0.4) is 0 Å². The fourth-order valence-electron chi connectivity index (χ4n) is 3.91. The average molecular weight is 491 g/mol. The zero-order valence-corrected chi connectivity index (χ0v) is 19.2. The molecule has 0 unspecified atom stereocenters. The van der Waals surface area contributed by atoms with E-state index < -0.39 is 18.9 Å². The molecule has 2 aliphatic rings. The van der Waals surface area contributed by atoms with Gasteiger partial charge in [0.05, 0.1) is 0 Å². The van der Waals surface area contributed by atoms with Crippen LogP contribution in [-0.4, -0.2) is 73.6 Å². The number of likely N-dealkylation sites (N-methyl/N-ethyl adjacent to an activating group) is 1. The van der Waals surface area contributed by atoms with Crippen molar-refractivity contribution in [2.24, 2.45) is 0 Å². The van der Waals surface area contributed by atoms with Gasteiger partial charge >= 0.3 is 6.18 Å². The van der Waals surface area contributed by atoms with Gasteiger partial charge in [-0.05, 0) is 42.0 Å². The van der Waals surface area contributed by atoms with E-state index in [1.54, 1.807) is 32.3 Å². The monoisotopic (exact) mass is 491 g/mol. The molecule has 0 spiro atoms. The van der Waals surface area contributed by atoms with E-state index in [4.69, 9.17) is 4.74 Å². The minimum absolute atomic E-state index is 0.0194. The fraction of sp³-hybridized carbons (Fsp3) is 0.375. The topological polar surface area (TPSA) is 79.4 Å². The van der Waals surface area contributed by atoms with Gasteiger partial charge in [-0.1, -0.05) is 6.07 Å². The van der Waals surface area contributed by atoms with Gasteiger partial charge in [-0.2, -0.15) is 13.2 Å². The summed E-state index contributed by atoms with van der Waals surface area (Å²) in [5.74, 6) is -0.356. The van der Waals surface area contributed by atoms with Crippen molar-refractivity contribution in [3.05, 3.63) is 53.6 Å². The van der Waals surface area contributed by atoms with Gasteiger partial charge in [0, 0.05) is 44.9 Å². The number of anilines is 1. The second-order valence-electron chi connectivity index (χ2n) is 8.55. The van der Waals surface area contributed by atoms with Gasteiger partial charge in [0.25, 0.3) is 11.8 Å². The Hall–Kier alpha value is -3.76. The van der Waals surface area contributed by atoms with Crippen LogP contribution in [-0.2, 0) is 16.1 Å². The molecule has 11 heteroatoms. The summed E-state index contributed by atoms with van der Waals surface area (Å²) in [6, 6.07) is 10.8. The number of halogens is 3. The van der Waals surface area contributed by atoms with Crippen LogP contribution in [0.2, 0.25) is 0 Å². The first kappa shape index (κ1) is 24.4. The summed E-state index contributed by atoms with van der Waals surface area (Å²) in [5.41, 5.74) is 1.81. The van der Waals surface area contributed by atoms with Gasteiger partial charge in [-0.15, -0.1) is 0 Å². The van der Waals surface area contributed by atoms with E-state index in [2.05, 4.69) is 4.74 Å². The number of rotatable bonds is 7. The van der Waals surface area contributed by atoms with Crippen LogP contribution in [0.15, 0.2) is 42.5 Å². The highest BCUT2D eigenvalue weighted by Crippen LogP contribution is 2.31. The van der Waals surface area contributed by atoms with Crippen LogP contribution >= 0.6 is 0 Å². The second kappa shape index (κ2) is 9.47. The van der Waals surface area contributed by atoms with E-state index in [-0.39, 0.29) is 30.0 Å². The quantitative estimate of drug-likeness (QED) is 0.595. The molecular weight excluding hydrogens is 467 g/mol. The maximum absolute atomic E-state index is 13.0. The summed E-state index contributed by atoms with van der Waals surface area (Å²) < 4.78 is 47.2. The van der Waals surface area contributed by atoms with Crippen LogP contribution in [0.1, 0.15) is 22.3 Å². The highest BCUT2D eigenvalue weighted by Gasteiger charge is 2.36. The fourth-order valence-corrected chi connectivity index (χ4v) is 3.91. The van der Waals surface area contributed by atoms with E-state index in [0.717, 1.165) is 5.56 Å². The standard InChI is InChI=1S/C24H24F3N3O5/c1-28(2)21(31)13-29-12-15-3-4-16(11-19(15)22(29)32)30-10-9-20(23(30)33)35-18-7-5-17(6-8-18)34-14-24(25,26)27/h3-8,11,20H,9-10,12-14H2,1-2H3/t20-/m1/s1. The summed E-state index contributed by atoms with van der Waals surface area (Å²) in [6.45, 7) is -0.701. The van der Waals surface area contributed by atoms with E-state index in [0.29, 0.717) is 36.5 Å². The van der Waals surface area contributed by atoms with Crippen LogP contribution in [0, 0.1) is 0 Å². The SMILES string of the molecule is CN(C)C(=O)CN1Cc2ccc(N3CC[C@@H](Oc4ccc(OCC(F)(F)F)cc4)C3=O)cc2C1=O. The van der Waals surface area contributed by atoms with Gasteiger partial charge in [0.1, 0.15) is 18.0 Å². The molecule has 0 bridgehead atoms. The van der Waals surface area contributed by atoms with Crippen LogP contribution < -0.4 is 14.4 Å². The molecule has 2 aromatic rings. The molecular formula is C24H24F3N3O5. The third-order valence-electron chi connectivity index (χ3n) is 5.77. The Balaban J connectivity index is 1.39. The predicted octanol–water partition coefficient (Wildman–Crippen LogP) is 2.86. The molecule has 0 aliphatic carbocycles. The lowest BCUT2D eigenvalue weighted by molar-refractivity contribution is -0.153. The van der Waals surface area contributed by atoms with Crippen molar-refractivity contribution in [2.75, 3.05) is 38.7 Å². The molecule has 0 radical (unpaired) electrons. The Morgan fingerprint density at radius 2 is 1.77 bits per heavy atom. The zero-order valence-electron chi connectivity index (χ0n) is 19.2. The highest BCUT2D eigenvalue weighted by atomic mass is 19.4. The molecule has 2 aromatic carbocycles. The van der Waals surface area contributed by atoms with Crippen LogP contribution in [0.25, 0.3) is 0 Å². The van der Waals surface area contributed by atoms with Crippen molar-refractivity contribution in [1.82, 2.24) is 9.80 Å². The highest BCUT2D eigenvalue weighted by molar-refractivity contribution is 6.03. The van der Waals surface area contributed by atoms with Gasteiger partial charge in [-0.25, -0.2) is 0 Å². The molecule has 2 aliphatic heterocycles. The largest absolute Gasteiger partial charge is 0.484 e. The Morgan fingerprint density at radius 1 is 1.09 bits per heavy atom. The number of hydrogen-bond donors (Lipinski definition) is 0. The third-order valence-corrected chi connectivity index (χ3v) is 5.77.